The van der Waals surface area contributed by atoms with Crippen LogP contribution in [0.5, 0.6) is 0 Å². The Balaban J connectivity index is 1.85. The summed E-state index contributed by atoms with van der Waals surface area (Å²) >= 11 is 0. The van der Waals surface area contributed by atoms with Crippen LogP contribution in [0.3, 0.4) is 0 Å². The third-order valence-corrected chi connectivity index (χ3v) is 3.76. The van der Waals surface area contributed by atoms with E-state index in [1.165, 1.54) is 0 Å². The maximum absolute atomic E-state index is 9.40. The number of hydrogen-bond acceptors (Lipinski definition) is 6. The molecule has 1 atom stereocenters. The Morgan fingerprint density at radius 1 is 1.29 bits per heavy atom. The molecule has 0 radical (unpaired) electrons. The number of nitrogens with zero attached hydrogens (tertiary/aromatic N) is 5. The monoisotopic (exact) mass is 288 g/mol. The van der Waals surface area contributed by atoms with Gasteiger partial charge in [0.05, 0.1) is 6.07 Å². The smallest absolute Gasteiger partial charge is 0.225 e. The van der Waals surface area contributed by atoms with E-state index in [-0.39, 0.29) is 0 Å². The second kappa shape index (κ2) is 7.34. The maximum Gasteiger partial charge on any atom is 0.225 e. The lowest BCUT2D eigenvalue weighted by molar-refractivity contribution is 0.208. The first-order valence-electron chi connectivity index (χ1n) is 7.57. The van der Waals surface area contributed by atoms with Gasteiger partial charge in [0.15, 0.2) is 0 Å². The molecule has 0 bridgehead atoms. The van der Waals surface area contributed by atoms with Crippen LogP contribution in [-0.4, -0.2) is 59.7 Å². The predicted octanol–water partition coefficient (Wildman–Crippen LogP) is 0.880. The van der Waals surface area contributed by atoms with Gasteiger partial charge in [-0.2, -0.15) is 5.26 Å². The quantitative estimate of drug-likeness (QED) is 0.838. The van der Waals surface area contributed by atoms with E-state index < -0.39 is 5.54 Å². The zero-order valence-corrected chi connectivity index (χ0v) is 12.9. The van der Waals surface area contributed by atoms with Gasteiger partial charge in [-0.3, -0.25) is 10.2 Å². The average molecular weight is 288 g/mol. The van der Waals surface area contributed by atoms with Crippen molar-refractivity contribution in [3.8, 4) is 6.07 Å². The number of rotatable bonds is 6. The van der Waals surface area contributed by atoms with E-state index in [9.17, 15) is 5.26 Å². The first kappa shape index (κ1) is 15.7. The molecule has 1 aliphatic rings. The highest BCUT2D eigenvalue weighted by molar-refractivity contribution is 5.29. The van der Waals surface area contributed by atoms with Crippen LogP contribution >= 0.6 is 0 Å². The van der Waals surface area contributed by atoms with Crippen molar-refractivity contribution in [2.45, 2.75) is 25.8 Å². The Morgan fingerprint density at radius 2 is 1.95 bits per heavy atom. The molecule has 0 aromatic carbocycles. The first-order chi connectivity index (χ1) is 10.2. The normalized spacial score (nSPS) is 19.0. The zero-order valence-electron chi connectivity index (χ0n) is 12.9. The van der Waals surface area contributed by atoms with Gasteiger partial charge in [0.2, 0.25) is 5.95 Å². The van der Waals surface area contributed by atoms with Crippen molar-refractivity contribution < 1.29 is 0 Å². The maximum atomic E-state index is 9.40. The molecule has 1 unspecified atom stereocenters. The van der Waals surface area contributed by atoms with E-state index in [0.717, 1.165) is 51.6 Å². The highest BCUT2D eigenvalue weighted by Crippen LogP contribution is 2.12. The highest BCUT2D eigenvalue weighted by Gasteiger charge is 2.28. The first-order valence-corrected chi connectivity index (χ1v) is 7.57. The van der Waals surface area contributed by atoms with Crippen LogP contribution in [0.4, 0.5) is 5.95 Å². The Labute approximate surface area is 126 Å². The van der Waals surface area contributed by atoms with Crippen molar-refractivity contribution in [3.63, 3.8) is 0 Å². The minimum Gasteiger partial charge on any atom is -0.338 e. The zero-order chi connectivity index (χ0) is 15.1. The standard InChI is InChI=1S/C15H24N6/c1-3-5-19-15(2,12-16)13-20-8-10-21(11-9-20)14-17-6-4-7-18-14/h4,6-7,19H,3,5,8-11,13H2,1-2H3. The summed E-state index contributed by atoms with van der Waals surface area (Å²) < 4.78 is 0. The Bertz CT molecular complexity index is 463. The fourth-order valence-electron chi connectivity index (χ4n) is 2.54. The predicted molar refractivity (Wildman–Crippen MR) is 83.0 cm³/mol. The molecule has 1 aromatic heterocycles. The molecule has 1 aliphatic heterocycles. The van der Waals surface area contributed by atoms with Crippen molar-refractivity contribution in [2.75, 3.05) is 44.2 Å². The summed E-state index contributed by atoms with van der Waals surface area (Å²) in [7, 11) is 0. The molecule has 2 heterocycles. The Morgan fingerprint density at radius 3 is 2.52 bits per heavy atom. The Hall–Kier alpha value is -1.71. The largest absolute Gasteiger partial charge is 0.338 e. The fraction of sp³-hybridized carbons (Fsp3) is 0.667. The second-order valence-corrected chi connectivity index (χ2v) is 5.68. The highest BCUT2D eigenvalue weighted by atomic mass is 15.3. The third kappa shape index (κ3) is 4.38. The molecule has 1 N–H and O–H groups in total. The molecule has 1 aromatic rings. The second-order valence-electron chi connectivity index (χ2n) is 5.68. The summed E-state index contributed by atoms with van der Waals surface area (Å²) in [6, 6.07) is 4.24. The molecule has 21 heavy (non-hydrogen) atoms. The van der Waals surface area contributed by atoms with Gasteiger partial charge >= 0.3 is 0 Å². The topological polar surface area (TPSA) is 68.1 Å². The van der Waals surface area contributed by atoms with Crippen LogP contribution < -0.4 is 10.2 Å². The molecule has 0 spiro atoms. The summed E-state index contributed by atoms with van der Waals surface area (Å²) in [5.41, 5.74) is -0.471. The molecule has 1 saturated heterocycles. The van der Waals surface area contributed by atoms with Gasteiger partial charge in [-0.25, -0.2) is 9.97 Å². The summed E-state index contributed by atoms with van der Waals surface area (Å²) in [5, 5.41) is 12.7. The number of anilines is 1. The molecule has 0 saturated carbocycles. The van der Waals surface area contributed by atoms with E-state index in [4.69, 9.17) is 0 Å². The van der Waals surface area contributed by atoms with Gasteiger partial charge in [0, 0.05) is 45.1 Å². The molecule has 0 amide bonds. The van der Waals surface area contributed by atoms with Crippen LogP contribution in [0.15, 0.2) is 18.5 Å². The minimum atomic E-state index is -0.471. The number of aromatic nitrogens is 2. The van der Waals surface area contributed by atoms with Gasteiger partial charge in [0.1, 0.15) is 5.54 Å². The lowest BCUT2D eigenvalue weighted by Gasteiger charge is -2.38. The van der Waals surface area contributed by atoms with Crippen LogP contribution in [-0.2, 0) is 0 Å². The number of hydrogen-bond donors (Lipinski definition) is 1. The van der Waals surface area contributed by atoms with Crippen molar-refractivity contribution in [1.29, 1.82) is 5.26 Å². The van der Waals surface area contributed by atoms with Gasteiger partial charge in [-0.15, -0.1) is 0 Å². The number of nitriles is 1. The molecule has 2 rings (SSSR count). The SMILES string of the molecule is CCCNC(C)(C#N)CN1CCN(c2ncccn2)CC1. The van der Waals surface area contributed by atoms with Gasteiger partial charge in [-0.1, -0.05) is 6.92 Å². The lowest BCUT2D eigenvalue weighted by atomic mass is 10.0. The molecular weight excluding hydrogens is 264 g/mol. The van der Waals surface area contributed by atoms with Crippen LogP contribution in [0, 0.1) is 11.3 Å². The Kier molecular flexibility index (Phi) is 5.48. The summed E-state index contributed by atoms with van der Waals surface area (Å²) in [6.45, 7) is 9.40. The van der Waals surface area contributed by atoms with Crippen LogP contribution in [0.1, 0.15) is 20.3 Å². The van der Waals surface area contributed by atoms with Crippen LogP contribution in [0.25, 0.3) is 0 Å². The van der Waals surface area contributed by atoms with Crippen molar-refractivity contribution in [2.24, 2.45) is 0 Å². The van der Waals surface area contributed by atoms with E-state index in [1.54, 1.807) is 12.4 Å². The number of nitrogens with one attached hydrogen (secondary N) is 1. The fourth-order valence-corrected chi connectivity index (χ4v) is 2.54. The van der Waals surface area contributed by atoms with E-state index in [2.05, 4.69) is 38.1 Å². The van der Waals surface area contributed by atoms with E-state index in [0.29, 0.717) is 0 Å². The molecule has 6 nitrogen and oxygen atoms in total. The van der Waals surface area contributed by atoms with Crippen LogP contribution in [0.2, 0.25) is 0 Å². The van der Waals surface area contributed by atoms with Crippen molar-refractivity contribution in [3.05, 3.63) is 18.5 Å². The number of piperazine rings is 1. The molecule has 1 fully saturated rings. The minimum absolute atomic E-state index is 0.471. The molecule has 114 valence electrons. The summed E-state index contributed by atoms with van der Waals surface area (Å²) in [4.78, 5) is 13.1. The van der Waals surface area contributed by atoms with Crippen molar-refractivity contribution in [1.82, 2.24) is 20.2 Å². The van der Waals surface area contributed by atoms with Gasteiger partial charge in [-0.05, 0) is 26.0 Å². The lowest BCUT2D eigenvalue weighted by Crippen LogP contribution is -2.55. The van der Waals surface area contributed by atoms with Crippen molar-refractivity contribution >= 4 is 5.95 Å². The van der Waals surface area contributed by atoms with Gasteiger partial charge < -0.3 is 4.90 Å². The average Bonchev–Trinajstić information content (AvgIpc) is 2.54. The third-order valence-electron chi connectivity index (χ3n) is 3.76. The van der Waals surface area contributed by atoms with Gasteiger partial charge in [0.25, 0.3) is 0 Å². The molecule has 6 heteroatoms. The molecule has 0 aliphatic carbocycles. The summed E-state index contributed by atoms with van der Waals surface area (Å²) in [6.07, 6.45) is 4.59. The summed E-state index contributed by atoms with van der Waals surface area (Å²) in [5.74, 6) is 0.796. The van der Waals surface area contributed by atoms with E-state index >= 15 is 0 Å². The van der Waals surface area contributed by atoms with E-state index in [1.807, 2.05) is 13.0 Å². The molecular formula is C15H24N6.